The summed E-state index contributed by atoms with van der Waals surface area (Å²) in [6.45, 7) is 0. The van der Waals surface area contributed by atoms with E-state index >= 15 is 0 Å². The number of anilines is 2. The number of rotatable bonds is 4. The lowest BCUT2D eigenvalue weighted by Gasteiger charge is -2.23. The summed E-state index contributed by atoms with van der Waals surface area (Å²) in [7, 11) is 0. The molecule has 0 aliphatic carbocycles. The molecule has 0 fully saturated rings. The lowest BCUT2D eigenvalue weighted by Crippen LogP contribution is -2.08. The van der Waals surface area contributed by atoms with Gasteiger partial charge in [0.25, 0.3) is 0 Å². The Labute approximate surface area is 166 Å². The van der Waals surface area contributed by atoms with E-state index in [9.17, 15) is 0 Å². The lowest BCUT2D eigenvalue weighted by molar-refractivity contribution is 1.11. The maximum atomic E-state index is 3.69. The van der Waals surface area contributed by atoms with Crippen molar-refractivity contribution < 1.29 is 0 Å². The first-order chi connectivity index (χ1) is 13.8. The second-order valence-electron chi connectivity index (χ2n) is 7.61. The summed E-state index contributed by atoms with van der Waals surface area (Å²) < 4.78 is 0. The highest BCUT2D eigenvalue weighted by Crippen LogP contribution is 2.34. The largest absolute Gasteiger partial charge is 0.355 e. The first kappa shape index (κ1) is 16.8. The van der Waals surface area contributed by atoms with Gasteiger partial charge in [-0.15, -0.1) is 0 Å². The van der Waals surface area contributed by atoms with Crippen molar-refractivity contribution >= 4 is 11.4 Å². The molecule has 0 saturated carbocycles. The molecule has 28 heavy (non-hydrogen) atoms. The number of hydrogen-bond acceptors (Lipinski definition) is 1. The fraction of sp³-hybridized carbons (Fsp3) is 0.111. The van der Waals surface area contributed by atoms with Gasteiger partial charge in [0.15, 0.2) is 0 Å². The number of fused-ring (bicyclic) bond motifs is 2. The first-order valence-electron chi connectivity index (χ1n) is 9.92. The van der Waals surface area contributed by atoms with Gasteiger partial charge in [-0.25, -0.2) is 0 Å². The molecule has 1 heterocycles. The third kappa shape index (κ3) is 3.57. The second-order valence-corrected chi connectivity index (χ2v) is 7.61. The molecule has 1 nitrogen and oxygen atoms in total. The maximum Gasteiger partial charge on any atom is 0.0423 e. The number of benzene rings is 4. The fourth-order valence-corrected chi connectivity index (χ4v) is 4.02. The van der Waals surface area contributed by atoms with E-state index in [1.54, 1.807) is 0 Å². The molecule has 1 aliphatic heterocycles. The van der Waals surface area contributed by atoms with Gasteiger partial charge in [-0.2, -0.15) is 0 Å². The molecule has 1 heteroatoms. The summed E-state index contributed by atoms with van der Waals surface area (Å²) in [4.78, 5) is 0. The zero-order chi connectivity index (χ0) is 18.8. The van der Waals surface area contributed by atoms with Gasteiger partial charge in [-0.1, -0.05) is 84.9 Å². The zero-order valence-corrected chi connectivity index (χ0v) is 15.9. The Morgan fingerprint density at radius 3 is 1.43 bits per heavy atom. The van der Waals surface area contributed by atoms with E-state index in [1.807, 2.05) is 0 Å². The Morgan fingerprint density at radius 2 is 0.964 bits per heavy atom. The quantitative estimate of drug-likeness (QED) is 0.384. The molecule has 1 aliphatic rings. The Kier molecular flexibility index (Phi) is 4.42. The SMILES string of the molecule is c1ccc(Cc2ccc3c(c2)Nc2cc(Cc4ccccc4)ccc2C3)cc1. The summed E-state index contributed by atoms with van der Waals surface area (Å²) in [5.74, 6) is 0. The summed E-state index contributed by atoms with van der Waals surface area (Å²) in [5.41, 5.74) is 10.6. The molecule has 0 unspecified atom stereocenters. The molecular formula is C27H23N. The van der Waals surface area contributed by atoms with Crippen molar-refractivity contribution in [2.24, 2.45) is 0 Å². The third-order valence-corrected chi connectivity index (χ3v) is 5.50. The molecule has 0 amide bonds. The summed E-state index contributed by atoms with van der Waals surface area (Å²) in [6, 6.07) is 35.1. The van der Waals surface area contributed by atoms with Gasteiger partial charge in [0.05, 0.1) is 0 Å². The van der Waals surface area contributed by atoms with Crippen LogP contribution in [0.5, 0.6) is 0 Å². The topological polar surface area (TPSA) is 12.0 Å². The van der Waals surface area contributed by atoms with E-state index < -0.39 is 0 Å². The highest BCUT2D eigenvalue weighted by Gasteiger charge is 2.15. The van der Waals surface area contributed by atoms with E-state index in [-0.39, 0.29) is 0 Å². The van der Waals surface area contributed by atoms with Crippen molar-refractivity contribution in [2.75, 3.05) is 5.32 Å². The Bertz CT molecular complexity index is 1010. The normalized spacial score (nSPS) is 12.0. The van der Waals surface area contributed by atoms with Crippen LogP contribution in [0.4, 0.5) is 11.4 Å². The van der Waals surface area contributed by atoms with Crippen molar-refractivity contribution in [2.45, 2.75) is 19.3 Å². The minimum atomic E-state index is 0.969. The van der Waals surface area contributed by atoms with Crippen LogP contribution < -0.4 is 5.32 Å². The van der Waals surface area contributed by atoms with Crippen LogP contribution in [0.15, 0.2) is 97.1 Å². The highest BCUT2D eigenvalue weighted by atomic mass is 14.9. The Hall–Kier alpha value is -3.32. The Morgan fingerprint density at radius 1 is 0.500 bits per heavy atom. The molecular weight excluding hydrogens is 338 g/mol. The molecule has 0 spiro atoms. The predicted octanol–water partition coefficient (Wildman–Crippen LogP) is 6.52. The van der Waals surface area contributed by atoms with Gasteiger partial charge < -0.3 is 5.32 Å². The van der Waals surface area contributed by atoms with Crippen LogP contribution in [0, 0.1) is 0 Å². The minimum absolute atomic E-state index is 0.969. The fourth-order valence-electron chi connectivity index (χ4n) is 4.02. The van der Waals surface area contributed by atoms with Gasteiger partial charge in [-0.3, -0.25) is 0 Å². The van der Waals surface area contributed by atoms with Gasteiger partial charge >= 0.3 is 0 Å². The lowest BCUT2D eigenvalue weighted by atomic mass is 9.93. The third-order valence-electron chi connectivity index (χ3n) is 5.50. The number of nitrogens with one attached hydrogen (secondary N) is 1. The van der Waals surface area contributed by atoms with Crippen LogP contribution in [0.25, 0.3) is 0 Å². The van der Waals surface area contributed by atoms with Crippen molar-refractivity contribution in [3.05, 3.63) is 130 Å². The van der Waals surface area contributed by atoms with Crippen molar-refractivity contribution in [1.29, 1.82) is 0 Å². The molecule has 0 aromatic heterocycles. The summed E-state index contributed by atoms with van der Waals surface area (Å²) in [6.07, 6.45) is 2.93. The predicted molar refractivity (Wildman–Crippen MR) is 117 cm³/mol. The van der Waals surface area contributed by atoms with Crippen LogP contribution in [-0.2, 0) is 19.3 Å². The zero-order valence-electron chi connectivity index (χ0n) is 15.9. The highest BCUT2D eigenvalue weighted by molar-refractivity contribution is 5.72. The monoisotopic (exact) mass is 361 g/mol. The molecule has 136 valence electrons. The van der Waals surface area contributed by atoms with Crippen molar-refractivity contribution in [1.82, 2.24) is 0 Å². The minimum Gasteiger partial charge on any atom is -0.355 e. The average Bonchev–Trinajstić information content (AvgIpc) is 2.74. The summed E-state index contributed by atoms with van der Waals surface area (Å²) >= 11 is 0. The average molecular weight is 361 g/mol. The first-order valence-corrected chi connectivity index (χ1v) is 9.92. The second kappa shape index (κ2) is 7.36. The van der Waals surface area contributed by atoms with Crippen LogP contribution >= 0.6 is 0 Å². The molecule has 4 aromatic rings. The van der Waals surface area contributed by atoms with Crippen LogP contribution in [0.1, 0.15) is 33.4 Å². The molecule has 5 rings (SSSR count). The van der Waals surface area contributed by atoms with Crippen molar-refractivity contribution in [3.8, 4) is 0 Å². The van der Waals surface area contributed by atoms with Crippen LogP contribution in [0.2, 0.25) is 0 Å². The smallest absolute Gasteiger partial charge is 0.0423 e. The van der Waals surface area contributed by atoms with E-state index in [0.29, 0.717) is 0 Å². The summed E-state index contributed by atoms with van der Waals surface area (Å²) in [5, 5.41) is 3.69. The van der Waals surface area contributed by atoms with Crippen LogP contribution in [0.3, 0.4) is 0 Å². The molecule has 1 N–H and O–H groups in total. The maximum absolute atomic E-state index is 3.69. The van der Waals surface area contributed by atoms with Crippen LogP contribution in [-0.4, -0.2) is 0 Å². The molecule has 0 bridgehead atoms. The van der Waals surface area contributed by atoms with E-state index in [1.165, 1.54) is 44.8 Å². The van der Waals surface area contributed by atoms with Crippen molar-refractivity contribution in [3.63, 3.8) is 0 Å². The van der Waals surface area contributed by atoms with E-state index in [2.05, 4.69) is 102 Å². The van der Waals surface area contributed by atoms with Gasteiger partial charge in [-0.05, 0) is 58.4 Å². The number of hydrogen-bond donors (Lipinski definition) is 1. The Balaban J connectivity index is 1.39. The molecule has 0 radical (unpaired) electrons. The molecule has 0 atom stereocenters. The van der Waals surface area contributed by atoms with Gasteiger partial charge in [0.2, 0.25) is 0 Å². The standard InChI is InChI=1S/C27H23N/c1-3-7-20(8-4-1)15-22-11-13-24-19-25-14-12-23(16-21-9-5-2-6-10-21)18-27(25)28-26(24)17-22/h1-14,17-18,28H,15-16,19H2. The molecule has 4 aromatic carbocycles. The molecule has 0 saturated heterocycles. The van der Waals surface area contributed by atoms with Gasteiger partial charge in [0, 0.05) is 17.8 Å². The van der Waals surface area contributed by atoms with Gasteiger partial charge in [0.1, 0.15) is 0 Å². The van der Waals surface area contributed by atoms with E-state index in [4.69, 9.17) is 0 Å². The van der Waals surface area contributed by atoms with E-state index in [0.717, 1.165) is 19.3 Å².